The smallest absolute Gasteiger partial charge is 1.00 e. The SMILES string of the molecule is [CH2]=[Zr+2]([c]1ccccc1)([c]1ccccc1)([CH]1C=CC=c2c1c1c(c3ccccc23)=CC=C1)[CH]1C=CC=c2c1c1c(c3ccccc23)=CC=C1.[Cl-].[Cl-]. The van der Waals surface area contributed by atoms with Crippen molar-refractivity contribution in [3.63, 3.8) is 0 Å². The molecule has 0 radical (unpaired) electrons. The van der Waals surface area contributed by atoms with Crippen molar-refractivity contribution in [2.75, 3.05) is 0 Å². The van der Waals surface area contributed by atoms with Crippen LogP contribution >= 0.6 is 0 Å². The molecule has 6 aromatic carbocycles. The maximum atomic E-state index is 5.91. The zero-order valence-electron chi connectivity index (χ0n) is 27.4. The molecule has 10 rings (SSSR count). The molecule has 0 amide bonds. The van der Waals surface area contributed by atoms with E-state index in [1.165, 1.54) is 71.2 Å². The molecule has 0 heterocycles. The Morgan fingerprint density at radius 2 is 0.740 bits per heavy atom. The first-order chi connectivity index (χ1) is 23.7. The summed E-state index contributed by atoms with van der Waals surface area (Å²) in [5.41, 5.74) is 5.59. The van der Waals surface area contributed by atoms with Gasteiger partial charge in [0.1, 0.15) is 0 Å². The number of hydrogen-bond donors (Lipinski definition) is 0. The van der Waals surface area contributed by atoms with Gasteiger partial charge < -0.3 is 24.8 Å². The Balaban J connectivity index is 0.00000180. The molecule has 0 spiro atoms. The molecule has 0 fully saturated rings. The fraction of sp³-hybridized carbons (Fsp3) is 0.0426. The van der Waals surface area contributed by atoms with Crippen LogP contribution in [0.1, 0.15) is 29.5 Å². The largest absolute Gasteiger partial charge is 1.00 e. The summed E-state index contributed by atoms with van der Waals surface area (Å²) in [6.45, 7) is 0. The van der Waals surface area contributed by atoms with E-state index >= 15 is 0 Å². The van der Waals surface area contributed by atoms with E-state index < -0.39 is 18.3 Å². The summed E-state index contributed by atoms with van der Waals surface area (Å²) < 4.78 is 8.93. The van der Waals surface area contributed by atoms with Crippen molar-refractivity contribution in [3.8, 4) is 0 Å². The predicted octanol–water partition coefficient (Wildman–Crippen LogP) is 0.871. The topological polar surface area (TPSA) is 0 Å². The zero-order chi connectivity index (χ0) is 31.9. The van der Waals surface area contributed by atoms with Gasteiger partial charge in [0, 0.05) is 0 Å². The van der Waals surface area contributed by atoms with Crippen LogP contribution in [-0.4, -0.2) is 4.21 Å². The van der Waals surface area contributed by atoms with Crippen molar-refractivity contribution in [3.05, 3.63) is 189 Å². The van der Waals surface area contributed by atoms with Gasteiger partial charge in [0.05, 0.1) is 0 Å². The third-order valence-electron chi connectivity index (χ3n) is 11.9. The van der Waals surface area contributed by atoms with Crippen LogP contribution in [0, 0.1) is 0 Å². The zero-order valence-corrected chi connectivity index (χ0v) is 31.4. The Bertz CT molecular complexity index is 2640. The fourth-order valence-electron chi connectivity index (χ4n) is 9.85. The molecule has 4 aliphatic carbocycles. The van der Waals surface area contributed by atoms with Crippen LogP contribution in [0.25, 0.3) is 58.0 Å². The Hall–Kier alpha value is -4.39. The molecule has 4 aliphatic rings. The van der Waals surface area contributed by atoms with Crippen molar-refractivity contribution in [1.82, 2.24) is 0 Å². The maximum Gasteiger partial charge on any atom is -1.00 e. The van der Waals surface area contributed by atoms with Gasteiger partial charge in [-0.2, -0.15) is 0 Å². The third-order valence-corrected chi connectivity index (χ3v) is 29.6. The Morgan fingerprint density at radius 1 is 0.400 bits per heavy atom. The molecule has 0 nitrogen and oxygen atoms in total. The van der Waals surface area contributed by atoms with E-state index in [1.807, 2.05) is 0 Å². The molecule has 0 saturated heterocycles. The van der Waals surface area contributed by atoms with Crippen LogP contribution in [0.5, 0.6) is 0 Å². The molecule has 0 N–H and O–H groups in total. The summed E-state index contributed by atoms with van der Waals surface area (Å²) in [4.78, 5) is 0. The second-order valence-electron chi connectivity index (χ2n) is 13.9. The molecule has 0 saturated carbocycles. The number of halogens is 2. The standard InChI is InChI=1S/2C17H11.2C6H5.CH2.2ClH.Zr/c2*1-3-8-14-12(6-1)13-7-2-4-9-15(13)17-11-5-10-16(14)17;2*1-2-4-6-5-3-1;;;;/h2*1-11H;2*1-5H;1H2;2*1H;/q;;;;;;;+2/p-2. The minimum absolute atomic E-state index is 0. The first-order valence-corrected chi connectivity index (χ1v) is 24.1. The van der Waals surface area contributed by atoms with E-state index in [-0.39, 0.29) is 32.1 Å². The van der Waals surface area contributed by atoms with Crippen LogP contribution in [0.2, 0.25) is 0 Å². The molecule has 240 valence electrons. The number of allylic oxidation sites excluding steroid dienone is 6. The van der Waals surface area contributed by atoms with E-state index in [0.29, 0.717) is 0 Å². The van der Waals surface area contributed by atoms with Gasteiger partial charge in [0.15, 0.2) is 0 Å². The Morgan fingerprint density at radius 3 is 1.14 bits per heavy atom. The van der Waals surface area contributed by atoms with Gasteiger partial charge >= 0.3 is 283 Å². The van der Waals surface area contributed by atoms with Gasteiger partial charge in [-0.05, 0) is 0 Å². The quantitative estimate of drug-likeness (QED) is 0.251. The van der Waals surface area contributed by atoms with Gasteiger partial charge in [-0.15, -0.1) is 0 Å². The first-order valence-electron chi connectivity index (χ1n) is 17.0. The minimum Gasteiger partial charge on any atom is -1.00 e. The maximum absolute atomic E-state index is 5.91. The molecular weight excluding hydrogens is 727 g/mol. The second kappa shape index (κ2) is 12.1. The molecule has 0 bridgehead atoms. The second-order valence-corrected chi connectivity index (χ2v) is 27.8. The van der Waals surface area contributed by atoms with Crippen LogP contribution in [0.3, 0.4) is 0 Å². The van der Waals surface area contributed by atoms with Crippen LogP contribution in [-0.2, 0) is 18.3 Å². The van der Waals surface area contributed by atoms with Crippen LogP contribution < -0.4 is 52.2 Å². The van der Waals surface area contributed by atoms with E-state index in [1.54, 1.807) is 0 Å². The summed E-state index contributed by atoms with van der Waals surface area (Å²) >= 11 is -5.04. The van der Waals surface area contributed by atoms with Crippen LogP contribution in [0.15, 0.2) is 146 Å². The molecule has 2 unspecified atom stereocenters. The third kappa shape index (κ3) is 4.18. The normalized spacial score (nSPS) is 17.1. The number of benzene rings is 6. The van der Waals surface area contributed by atoms with Crippen molar-refractivity contribution < 1.29 is 43.1 Å². The molecule has 2 atom stereocenters. The summed E-state index contributed by atoms with van der Waals surface area (Å²) in [6.07, 6.45) is 28.3. The Labute approximate surface area is 305 Å². The van der Waals surface area contributed by atoms with Gasteiger partial charge in [-0.3, -0.25) is 0 Å². The molecule has 6 aromatic rings. The predicted molar refractivity (Wildman–Crippen MR) is 205 cm³/mol. The van der Waals surface area contributed by atoms with E-state index in [4.69, 9.17) is 4.21 Å². The molecule has 3 heteroatoms. The van der Waals surface area contributed by atoms with Gasteiger partial charge in [0.25, 0.3) is 0 Å². The van der Waals surface area contributed by atoms with Crippen molar-refractivity contribution in [1.29, 1.82) is 0 Å². The Kier molecular flexibility index (Phi) is 7.96. The van der Waals surface area contributed by atoms with Gasteiger partial charge in [-0.25, -0.2) is 0 Å². The number of rotatable bonds is 4. The molecular formula is C47H34Cl2Zr. The van der Waals surface area contributed by atoms with Gasteiger partial charge in [-0.1, -0.05) is 0 Å². The monoisotopic (exact) mass is 758 g/mol. The van der Waals surface area contributed by atoms with Gasteiger partial charge in [0.2, 0.25) is 0 Å². The average molecular weight is 761 g/mol. The summed E-state index contributed by atoms with van der Waals surface area (Å²) in [5, 5.41) is 10.6. The summed E-state index contributed by atoms with van der Waals surface area (Å²) in [5.74, 6) is 0. The summed E-state index contributed by atoms with van der Waals surface area (Å²) in [7, 11) is 0. The van der Waals surface area contributed by atoms with E-state index in [9.17, 15) is 0 Å². The fourth-order valence-corrected chi connectivity index (χ4v) is 27.5. The number of hydrogen-bond acceptors (Lipinski definition) is 0. The van der Waals surface area contributed by atoms with Crippen molar-refractivity contribution >= 4 is 68.8 Å². The summed E-state index contributed by atoms with van der Waals surface area (Å²) in [6, 6.07) is 40.9. The van der Waals surface area contributed by atoms with Crippen molar-refractivity contribution in [2.45, 2.75) is 7.25 Å². The van der Waals surface area contributed by atoms with Crippen molar-refractivity contribution in [2.24, 2.45) is 0 Å². The minimum atomic E-state index is -5.04. The molecule has 0 aromatic heterocycles. The van der Waals surface area contributed by atoms with E-state index in [0.717, 1.165) is 0 Å². The number of fused-ring (bicyclic) bond motifs is 12. The van der Waals surface area contributed by atoms with Crippen LogP contribution in [0.4, 0.5) is 0 Å². The average Bonchev–Trinajstić information content (AvgIpc) is 3.87. The first kappa shape index (κ1) is 32.8. The molecule has 0 aliphatic heterocycles. The molecule has 50 heavy (non-hydrogen) atoms. The van der Waals surface area contributed by atoms with E-state index in [2.05, 4.69) is 182 Å².